The molecule has 6 heteroatoms. The topological polar surface area (TPSA) is 66.5 Å². The van der Waals surface area contributed by atoms with Crippen molar-refractivity contribution in [2.24, 2.45) is 0 Å². The summed E-state index contributed by atoms with van der Waals surface area (Å²) >= 11 is 0. The van der Waals surface area contributed by atoms with E-state index in [-0.39, 0.29) is 10.8 Å². The Labute approximate surface area is 156 Å². The maximum absolute atomic E-state index is 12.6. The van der Waals surface area contributed by atoms with Crippen molar-refractivity contribution in [2.45, 2.75) is 38.5 Å². The van der Waals surface area contributed by atoms with Crippen LogP contribution in [-0.4, -0.2) is 32.3 Å². The van der Waals surface area contributed by atoms with E-state index in [1.54, 1.807) is 35.2 Å². The molecule has 0 aromatic heterocycles. The Morgan fingerprint density at radius 3 is 2.15 bits per heavy atom. The van der Waals surface area contributed by atoms with E-state index in [4.69, 9.17) is 0 Å². The van der Waals surface area contributed by atoms with Crippen LogP contribution in [0.5, 0.6) is 0 Å². The van der Waals surface area contributed by atoms with Crippen LogP contribution in [0.25, 0.3) is 0 Å². The fourth-order valence-corrected chi connectivity index (χ4v) is 3.79. The van der Waals surface area contributed by atoms with Gasteiger partial charge in [0.25, 0.3) is 15.9 Å². The second-order valence-corrected chi connectivity index (χ2v) is 7.97. The van der Waals surface area contributed by atoms with Gasteiger partial charge in [-0.15, -0.1) is 0 Å². The van der Waals surface area contributed by atoms with E-state index < -0.39 is 10.0 Å². The van der Waals surface area contributed by atoms with Gasteiger partial charge < -0.3 is 4.90 Å². The minimum absolute atomic E-state index is 0.0655. The summed E-state index contributed by atoms with van der Waals surface area (Å²) in [4.78, 5) is 14.5. The van der Waals surface area contributed by atoms with Crippen molar-refractivity contribution >= 4 is 21.6 Å². The number of benzene rings is 2. The molecule has 0 saturated carbocycles. The third-order valence-electron chi connectivity index (χ3n) is 3.96. The van der Waals surface area contributed by atoms with Gasteiger partial charge >= 0.3 is 0 Å². The first kappa shape index (κ1) is 20.0. The van der Waals surface area contributed by atoms with Crippen LogP contribution >= 0.6 is 0 Å². The second kappa shape index (κ2) is 8.85. The third kappa shape index (κ3) is 5.08. The molecule has 0 radical (unpaired) electrons. The molecule has 0 spiro atoms. The molecule has 1 amide bonds. The zero-order valence-corrected chi connectivity index (χ0v) is 16.3. The third-order valence-corrected chi connectivity index (χ3v) is 5.35. The zero-order valence-electron chi connectivity index (χ0n) is 15.5. The summed E-state index contributed by atoms with van der Waals surface area (Å²) in [7, 11) is -3.69. The van der Waals surface area contributed by atoms with E-state index in [9.17, 15) is 13.2 Å². The molecule has 2 rings (SSSR count). The van der Waals surface area contributed by atoms with E-state index in [1.165, 1.54) is 12.1 Å². The normalized spacial score (nSPS) is 11.2. The molecule has 26 heavy (non-hydrogen) atoms. The van der Waals surface area contributed by atoms with E-state index in [0.29, 0.717) is 24.3 Å². The summed E-state index contributed by atoms with van der Waals surface area (Å²) in [5, 5.41) is 0. The SMILES string of the molecule is CCCN(CCC)C(=O)c1ccc(S(=O)(=O)Nc2cccc(C)c2)cc1. The lowest BCUT2D eigenvalue weighted by Gasteiger charge is -2.21. The quantitative estimate of drug-likeness (QED) is 0.758. The zero-order chi connectivity index (χ0) is 19.2. The highest BCUT2D eigenvalue weighted by Crippen LogP contribution is 2.18. The van der Waals surface area contributed by atoms with Crippen molar-refractivity contribution in [1.29, 1.82) is 0 Å². The van der Waals surface area contributed by atoms with Crippen LogP contribution in [0.2, 0.25) is 0 Å². The number of hydrogen-bond donors (Lipinski definition) is 1. The average molecular weight is 375 g/mol. The van der Waals surface area contributed by atoms with Gasteiger partial charge in [-0.1, -0.05) is 26.0 Å². The first-order chi connectivity index (χ1) is 12.4. The molecule has 5 nitrogen and oxygen atoms in total. The number of hydrogen-bond acceptors (Lipinski definition) is 3. The van der Waals surface area contributed by atoms with Crippen molar-refractivity contribution in [3.05, 3.63) is 59.7 Å². The van der Waals surface area contributed by atoms with Crippen molar-refractivity contribution in [3.63, 3.8) is 0 Å². The van der Waals surface area contributed by atoms with E-state index in [2.05, 4.69) is 4.72 Å². The van der Waals surface area contributed by atoms with Gasteiger partial charge in [0.15, 0.2) is 0 Å². The molecule has 0 bridgehead atoms. The molecular formula is C20H26N2O3S. The molecule has 0 atom stereocenters. The maximum atomic E-state index is 12.6. The summed E-state index contributed by atoms with van der Waals surface area (Å²) in [5.41, 5.74) is 1.99. The van der Waals surface area contributed by atoms with Gasteiger partial charge in [-0.2, -0.15) is 0 Å². The van der Waals surface area contributed by atoms with Crippen LogP contribution in [0.4, 0.5) is 5.69 Å². The number of carbonyl (C=O) groups is 1. The van der Waals surface area contributed by atoms with Gasteiger partial charge in [0.2, 0.25) is 0 Å². The first-order valence-electron chi connectivity index (χ1n) is 8.86. The number of anilines is 1. The summed E-state index contributed by atoms with van der Waals surface area (Å²) in [6, 6.07) is 13.3. The van der Waals surface area contributed by atoms with Crippen LogP contribution in [0, 0.1) is 6.92 Å². The largest absolute Gasteiger partial charge is 0.339 e. The van der Waals surface area contributed by atoms with Crippen LogP contribution in [0.3, 0.4) is 0 Å². The number of carbonyl (C=O) groups excluding carboxylic acids is 1. The Balaban J connectivity index is 2.18. The van der Waals surface area contributed by atoms with Gasteiger partial charge in [-0.25, -0.2) is 8.42 Å². The van der Waals surface area contributed by atoms with Crippen LogP contribution < -0.4 is 4.72 Å². The van der Waals surface area contributed by atoms with Crippen LogP contribution in [0.15, 0.2) is 53.4 Å². The molecule has 0 aliphatic heterocycles. The number of sulfonamides is 1. The predicted molar refractivity (Wildman–Crippen MR) is 105 cm³/mol. The first-order valence-corrected chi connectivity index (χ1v) is 10.3. The Morgan fingerprint density at radius 1 is 1.00 bits per heavy atom. The van der Waals surface area contributed by atoms with Gasteiger partial charge in [-0.3, -0.25) is 9.52 Å². The lowest BCUT2D eigenvalue weighted by atomic mass is 10.2. The Hall–Kier alpha value is -2.34. The Bertz CT molecular complexity index is 840. The molecular weight excluding hydrogens is 348 g/mol. The number of nitrogens with one attached hydrogen (secondary N) is 1. The summed E-state index contributed by atoms with van der Waals surface area (Å²) in [6.07, 6.45) is 1.78. The molecule has 0 fully saturated rings. The van der Waals surface area contributed by atoms with Crippen LogP contribution in [-0.2, 0) is 10.0 Å². The fraction of sp³-hybridized carbons (Fsp3) is 0.350. The Kier molecular flexibility index (Phi) is 6.80. The average Bonchev–Trinajstić information content (AvgIpc) is 2.61. The second-order valence-electron chi connectivity index (χ2n) is 6.29. The highest BCUT2D eigenvalue weighted by Gasteiger charge is 2.17. The summed E-state index contributed by atoms with van der Waals surface area (Å²) < 4.78 is 27.6. The van der Waals surface area contributed by atoms with E-state index in [1.807, 2.05) is 26.8 Å². The highest BCUT2D eigenvalue weighted by molar-refractivity contribution is 7.92. The van der Waals surface area contributed by atoms with Gasteiger partial charge in [0.1, 0.15) is 0 Å². The number of amides is 1. The summed E-state index contributed by atoms with van der Waals surface area (Å²) in [6.45, 7) is 7.35. The molecule has 140 valence electrons. The molecule has 0 saturated heterocycles. The van der Waals surface area contributed by atoms with Crippen molar-refractivity contribution < 1.29 is 13.2 Å². The highest BCUT2D eigenvalue weighted by atomic mass is 32.2. The molecule has 0 aliphatic carbocycles. The molecule has 1 N–H and O–H groups in total. The lowest BCUT2D eigenvalue weighted by molar-refractivity contribution is 0.0755. The predicted octanol–water partition coefficient (Wildman–Crippen LogP) is 4.06. The van der Waals surface area contributed by atoms with Crippen molar-refractivity contribution in [3.8, 4) is 0 Å². The molecule has 2 aromatic carbocycles. The maximum Gasteiger partial charge on any atom is 0.261 e. The lowest BCUT2D eigenvalue weighted by Crippen LogP contribution is -2.32. The van der Waals surface area contributed by atoms with Crippen molar-refractivity contribution in [2.75, 3.05) is 17.8 Å². The molecule has 0 aliphatic rings. The number of rotatable bonds is 8. The fourth-order valence-electron chi connectivity index (χ4n) is 2.74. The van der Waals surface area contributed by atoms with E-state index >= 15 is 0 Å². The minimum atomic E-state index is -3.69. The molecule has 2 aromatic rings. The molecule has 0 unspecified atom stereocenters. The van der Waals surface area contributed by atoms with E-state index in [0.717, 1.165) is 18.4 Å². The standard InChI is InChI=1S/C20H26N2O3S/c1-4-13-22(14-5-2)20(23)17-9-11-19(12-10-17)26(24,25)21-18-8-6-7-16(3)15-18/h6-12,15,21H,4-5,13-14H2,1-3H3. The van der Waals surface area contributed by atoms with Gasteiger partial charge in [-0.05, 0) is 61.7 Å². The van der Waals surface area contributed by atoms with Crippen LogP contribution in [0.1, 0.15) is 42.6 Å². The van der Waals surface area contributed by atoms with Crippen molar-refractivity contribution in [1.82, 2.24) is 4.90 Å². The number of aryl methyl sites for hydroxylation is 1. The monoisotopic (exact) mass is 374 g/mol. The Morgan fingerprint density at radius 2 is 1.62 bits per heavy atom. The molecule has 0 heterocycles. The smallest absolute Gasteiger partial charge is 0.261 e. The number of nitrogens with zero attached hydrogens (tertiary/aromatic N) is 1. The minimum Gasteiger partial charge on any atom is -0.339 e. The summed E-state index contributed by atoms with van der Waals surface area (Å²) in [5.74, 6) is -0.0655. The van der Waals surface area contributed by atoms with Gasteiger partial charge in [0.05, 0.1) is 4.90 Å². The van der Waals surface area contributed by atoms with Gasteiger partial charge in [0, 0.05) is 24.3 Å².